The van der Waals surface area contributed by atoms with Crippen LogP contribution >= 0.6 is 0 Å². The van der Waals surface area contributed by atoms with E-state index in [-0.39, 0.29) is 12.5 Å². The van der Waals surface area contributed by atoms with Crippen LogP contribution in [0.2, 0.25) is 0 Å². The number of sulfonamides is 1. The van der Waals surface area contributed by atoms with Crippen molar-refractivity contribution >= 4 is 27.5 Å². The summed E-state index contributed by atoms with van der Waals surface area (Å²) < 4.78 is 39.1. The fourth-order valence-corrected chi connectivity index (χ4v) is 4.06. The molecule has 2 aromatic rings. The molecule has 0 bridgehead atoms. The van der Waals surface area contributed by atoms with E-state index in [0.717, 1.165) is 10.6 Å². The van der Waals surface area contributed by atoms with Gasteiger partial charge in [0.15, 0.2) is 0 Å². The van der Waals surface area contributed by atoms with E-state index in [1.54, 1.807) is 44.2 Å². The maximum absolute atomic E-state index is 13.3. The van der Waals surface area contributed by atoms with Gasteiger partial charge < -0.3 is 10.2 Å². The average Bonchev–Trinajstić information content (AvgIpc) is 2.73. The first kappa shape index (κ1) is 24.3. The molecular formula is C22H28FN3O4S. The molecule has 0 fully saturated rings. The predicted octanol–water partition coefficient (Wildman–Crippen LogP) is 2.54. The summed E-state index contributed by atoms with van der Waals surface area (Å²) in [5, 5.41) is 2.72. The van der Waals surface area contributed by atoms with E-state index in [4.69, 9.17) is 0 Å². The molecule has 1 unspecified atom stereocenters. The van der Waals surface area contributed by atoms with Crippen molar-refractivity contribution in [1.29, 1.82) is 0 Å². The van der Waals surface area contributed by atoms with Crippen LogP contribution < -0.4 is 9.62 Å². The SMILES string of the molecule is CCNC(=O)C(CC)N(Cc1ccc(F)cc1)C(=O)CN(c1ccccc1)S(C)(=O)=O. The number of likely N-dealkylation sites (N-methyl/N-ethyl adjacent to an activating group) is 1. The highest BCUT2D eigenvalue weighted by molar-refractivity contribution is 7.92. The van der Waals surface area contributed by atoms with Gasteiger partial charge in [-0.15, -0.1) is 0 Å². The number of anilines is 1. The monoisotopic (exact) mass is 449 g/mol. The van der Waals surface area contributed by atoms with E-state index in [2.05, 4.69) is 5.32 Å². The van der Waals surface area contributed by atoms with Crippen molar-refractivity contribution in [3.8, 4) is 0 Å². The van der Waals surface area contributed by atoms with E-state index >= 15 is 0 Å². The van der Waals surface area contributed by atoms with Crippen molar-refractivity contribution in [2.45, 2.75) is 32.9 Å². The summed E-state index contributed by atoms with van der Waals surface area (Å²) in [5.74, 6) is -1.27. The van der Waals surface area contributed by atoms with Gasteiger partial charge in [-0.1, -0.05) is 37.3 Å². The number of carbonyl (C=O) groups is 2. The second-order valence-corrected chi connectivity index (χ2v) is 8.98. The number of nitrogens with zero attached hydrogens (tertiary/aromatic N) is 2. The molecule has 0 aliphatic rings. The van der Waals surface area contributed by atoms with Gasteiger partial charge in [-0.25, -0.2) is 12.8 Å². The summed E-state index contributed by atoms with van der Waals surface area (Å²) in [6.45, 7) is 3.53. The highest BCUT2D eigenvalue weighted by atomic mass is 32.2. The second-order valence-electron chi connectivity index (χ2n) is 7.07. The molecule has 0 heterocycles. The minimum absolute atomic E-state index is 0.0428. The first-order valence-electron chi connectivity index (χ1n) is 10.0. The number of para-hydroxylation sites is 1. The van der Waals surface area contributed by atoms with Crippen molar-refractivity contribution < 1.29 is 22.4 Å². The molecule has 2 rings (SSSR count). The third-order valence-electron chi connectivity index (χ3n) is 4.73. The molecule has 0 saturated carbocycles. The van der Waals surface area contributed by atoms with Crippen LogP contribution in [0.1, 0.15) is 25.8 Å². The van der Waals surface area contributed by atoms with E-state index in [9.17, 15) is 22.4 Å². The van der Waals surface area contributed by atoms with Gasteiger partial charge in [-0.2, -0.15) is 0 Å². The number of hydrogen-bond donors (Lipinski definition) is 1. The predicted molar refractivity (Wildman–Crippen MR) is 118 cm³/mol. The maximum atomic E-state index is 13.3. The number of carbonyl (C=O) groups excluding carboxylic acids is 2. The minimum atomic E-state index is -3.75. The molecule has 0 aliphatic carbocycles. The van der Waals surface area contributed by atoms with Crippen LogP contribution in [0.4, 0.5) is 10.1 Å². The standard InChI is InChI=1S/C22H28FN3O4S/c1-4-20(22(28)24-5-2)25(15-17-11-13-18(23)14-12-17)21(27)16-26(31(3,29)30)19-9-7-6-8-10-19/h6-14,20H,4-5,15-16H2,1-3H3,(H,24,28). The Labute approximate surface area is 182 Å². The lowest BCUT2D eigenvalue weighted by Gasteiger charge is -2.32. The molecule has 2 aromatic carbocycles. The molecule has 2 amide bonds. The summed E-state index contributed by atoms with van der Waals surface area (Å²) in [4.78, 5) is 27.3. The molecule has 168 valence electrons. The Hall–Kier alpha value is -2.94. The Morgan fingerprint density at radius 3 is 2.16 bits per heavy atom. The second kappa shape index (κ2) is 10.9. The largest absolute Gasteiger partial charge is 0.355 e. The summed E-state index contributed by atoms with van der Waals surface area (Å²) in [6.07, 6.45) is 1.36. The summed E-state index contributed by atoms with van der Waals surface area (Å²) in [7, 11) is -3.75. The lowest BCUT2D eigenvalue weighted by atomic mass is 10.1. The number of hydrogen-bond acceptors (Lipinski definition) is 4. The third kappa shape index (κ3) is 6.78. The van der Waals surface area contributed by atoms with E-state index in [1.807, 2.05) is 0 Å². The van der Waals surface area contributed by atoms with E-state index < -0.39 is 34.3 Å². The lowest BCUT2D eigenvalue weighted by molar-refractivity contribution is -0.140. The summed E-state index contributed by atoms with van der Waals surface area (Å²) in [5.41, 5.74) is 0.981. The normalized spacial score (nSPS) is 12.1. The van der Waals surface area contributed by atoms with Crippen molar-refractivity contribution in [3.05, 3.63) is 66.0 Å². The van der Waals surface area contributed by atoms with Gasteiger partial charge in [0, 0.05) is 13.1 Å². The molecule has 0 spiro atoms. The van der Waals surface area contributed by atoms with Crippen molar-refractivity contribution in [2.24, 2.45) is 0 Å². The molecular weight excluding hydrogens is 421 g/mol. The van der Waals surface area contributed by atoms with Crippen LogP contribution in [0.5, 0.6) is 0 Å². The molecule has 7 nitrogen and oxygen atoms in total. The van der Waals surface area contributed by atoms with E-state index in [1.165, 1.54) is 29.2 Å². The Bertz CT molecular complexity index is 982. The zero-order valence-electron chi connectivity index (χ0n) is 17.9. The van der Waals surface area contributed by atoms with Crippen LogP contribution in [0, 0.1) is 5.82 Å². The molecule has 1 atom stereocenters. The number of amides is 2. The highest BCUT2D eigenvalue weighted by Crippen LogP contribution is 2.19. The van der Waals surface area contributed by atoms with Crippen LogP contribution in [0.25, 0.3) is 0 Å². The lowest BCUT2D eigenvalue weighted by Crippen LogP contribution is -2.52. The molecule has 1 N–H and O–H groups in total. The molecule has 0 saturated heterocycles. The van der Waals surface area contributed by atoms with Crippen LogP contribution in [0.15, 0.2) is 54.6 Å². The van der Waals surface area contributed by atoms with Crippen molar-refractivity contribution in [2.75, 3.05) is 23.7 Å². The van der Waals surface area contributed by atoms with Gasteiger partial charge in [0.25, 0.3) is 0 Å². The molecule has 0 radical (unpaired) electrons. The Morgan fingerprint density at radius 2 is 1.65 bits per heavy atom. The van der Waals surface area contributed by atoms with Gasteiger partial charge in [0.2, 0.25) is 21.8 Å². The summed E-state index contributed by atoms with van der Waals surface area (Å²) in [6, 6.07) is 13.1. The quantitative estimate of drug-likeness (QED) is 0.604. The molecule has 0 aliphatic heterocycles. The Kier molecular flexibility index (Phi) is 8.56. The highest BCUT2D eigenvalue weighted by Gasteiger charge is 2.31. The smallest absolute Gasteiger partial charge is 0.244 e. The summed E-state index contributed by atoms with van der Waals surface area (Å²) >= 11 is 0. The average molecular weight is 450 g/mol. The third-order valence-corrected chi connectivity index (χ3v) is 5.87. The number of benzene rings is 2. The van der Waals surface area contributed by atoms with E-state index in [0.29, 0.717) is 24.2 Å². The van der Waals surface area contributed by atoms with Gasteiger partial charge in [0.1, 0.15) is 18.4 Å². The van der Waals surface area contributed by atoms with Gasteiger partial charge in [-0.3, -0.25) is 13.9 Å². The van der Waals surface area contributed by atoms with Crippen LogP contribution in [-0.4, -0.2) is 50.5 Å². The van der Waals surface area contributed by atoms with Crippen LogP contribution in [0.3, 0.4) is 0 Å². The zero-order valence-corrected chi connectivity index (χ0v) is 18.7. The Balaban J connectivity index is 2.39. The topological polar surface area (TPSA) is 86.8 Å². The number of rotatable bonds is 10. The fourth-order valence-electron chi connectivity index (χ4n) is 3.21. The maximum Gasteiger partial charge on any atom is 0.244 e. The van der Waals surface area contributed by atoms with Crippen molar-refractivity contribution in [1.82, 2.24) is 10.2 Å². The van der Waals surface area contributed by atoms with Crippen LogP contribution in [-0.2, 0) is 26.2 Å². The first-order valence-corrected chi connectivity index (χ1v) is 11.9. The van der Waals surface area contributed by atoms with Crippen molar-refractivity contribution in [3.63, 3.8) is 0 Å². The zero-order chi connectivity index (χ0) is 23.0. The molecule has 9 heteroatoms. The molecule has 31 heavy (non-hydrogen) atoms. The van der Waals surface area contributed by atoms with Gasteiger partial charge in [0.05, 0.1) is 11.9 Å². The van der Waals surface area contributed by atoms with Gasteiger partial charge >= 0.3 is 0 Å². The molecule has 0 aromatic heterocycles. The first-order chi connectivity index (χ1) is 14.7. The van der Waals surface area contributed by atoms with Gasteiger partial charge in [-0.05, 0) is 43.2 Å². The number of halogens is 1. The minimum Gasteiger partial charge on any atom is -0.355 e. The fraction of sp³-hybridized carbons (Fsp3) is 0.364. The number of nitrogens with one attached hydrogen (secondary N) is 1. The Morgan fingerprint density at radius 1 is 1.03 bits per heavy atom.